The average Bonchev–Trinajstić information content (AvgIpc) is 3.47. The zero-order chi connectivity index (χ0) is 29.1. The summed E-state index contributed by atoms with van der Waals surface area (Å²) in [6.45, 7) is 1.47. The van der Waals surface area contributed by atoms with Crippen molar-refractivity contribution in [2.45, 2.75) is 51.0 Å². The van der Waals surface area contributed by atoms with Crippen LogP contribution in [0.4, 0.5) is 0 Å². The lowest BCUT2D eigenvalue weighted by Gasteiger charge is -2.35. The molecule has 4 aliphatic rings. The van der Waals surface area contributed by atoms with Crippen LogP contribution in [0.2, 0.25) is 0 Å². The highest BCUT2D eigenvalue weighted by atomic mass is 16.7. The first-order valence-electron chi connectivity index (χ1n) is 13.2. The first-order chi connectivity index (χ1) is 19.6. The van der Waals surface area contributed by atoms with E-state index < -0.39 is 41.2 Å². The number of carbonyl (C=O) groups excluding carboxylic acids is 6. The van der Waals surface area contributed by atoms with Crippen molar-refractivity contribution in [3.63, 3.8) is 0 Å². The van der Waals surface area contributed by atoms with E-state index in [1.54, 1.807) is 31.2 Å². The van der Waals surface area contributed by atoms with Gasteiger partial charge in [0.1, 0.15) is 12.4 Å². The largest absolute Gasteiger partial charge is 0.458 e. The number of amides is 2. The van der Waals surface area contributed by atoms with E-state index in [0.717, 1.165) is 5.56 Å². The lowest BCUT2D eigenvalue weighted by Crippen LogP contribution is -2.48. The summed E-state index contributed by atoms with van der Waals surface area (Å²) >= 11 is 0. The van der Waals surface area contributed by atoms with E-state index in [2.05, 4.69) is 0 Å². The van der Waals surface area contributed by atoms with Crippen molar-refractivity contribution in [1.82, 2.24) is 10.0 Å². The van der Waals surface area contributed by atoms with Gasteiger partial charge >= 0.3 is 17.9 Å². The zero-order valence-electron chi connectivity index (χ0n) is 21.9. The summed E-state index contributed by atoms with van der Waals surface area (Å²) in [6, 6.07) is 6.67. The number of pyridine rings is 1. The monoisotopic (exact) mass is 560 g/mol. The number of nitrogens with zero attached hydrogens (tertiary/aromatic N) is 2. The van der Waals surface area contributed by atoms with Crippen molar-refractivity contribution in [1.29, 1.82) is 0 Å². The molecule has 6 rings (SSSR count). The Kier molecular flexibility index (Phi) is 6.29. The summed E-state index contributed by atoms with van der Waals surface area (Å²) in [5, 5.41) is 12.1. The number of aromatic nitrogens is 1. The predicted molar refractivity (Wildman–Crippen MR) is 137 cm³/mol. The Morgan fingerprint density at radius 3 is 2.56 bits per heavy atom. The summed E-state index contributed by atoms with van der Waals surface area (Å²) in [5.74, 6) is -4.10. The fraction of sp³-hybridized carbons (Fsp3) is 0.345. The fourth-order valence-electron chi connectivity index (χ4n) is 5.56. The van der Waals surface area contributed by atoms with Gasteiger partial charge in [-0.25, -0.2) is 14.6 Å². The van der Waals surface area contributed by atoms with E-state index in [1.165, 1.54) is 0 Å². The van der Waals surface area contributed by atoms with Crippen LogP contribution in [0.5, 0.6) is 5.75 Å². The Hall–Kier alpha value is -4.71. The van der Waals surface area contributed by atoms with E-state index in [4.69, 9.17) is 19.3 Å². The van der Waals surface area contributed by atoms with Crippen molar-refractivity contribution >= 4 is 52.0 Å². The van der Waals surface area contributed by atoms with Crippen LogP contribution >= 0.6 is 0 Å². The Balaban J connectivity index is 1.18. The molecule has 0 radical (unpaired) electrons. The SMILES string of the molecule is CC[C@@]1(O)C(=O)OCC2=C1C=C1c3nc4ccc(OC(=O)CCC(=O)ON5C(=O)CCC5=O)cc4cc3CC1C2=O. The minimum atomic E-state index is -1.89. The second-order valence-electron chi connectivity index (χ2n) is 10.3. The van der Waals surface area contributed by atoms with Gasteiger partial charge in [-0.3, -0.25) is 19.2 Å². The number of aliphatic hydroxyl groups is 1. The molecule has 2 aliphatic carbocycles. The number of fused-ring (bicyclic) bond motifs is 4. The molecule has 12 heteroatoms. The van der Waals surface area contributed by atoms with Crippen LogP contribution in [0.25, 0.3) is 16.5 Å². The Morgan fingerprint density at radius 1 is 1.10 bits per heavy atom. The number of hydrogen-bond donors (Lipinski definition) is 1. The maximum Gasteiger partial charge on any atom is 0.343 e. The molecule has 12 nitrogen and oxygen atoms in total. The van der Waals surface area contributed by atoms with Gasteiger partial charge < -0.3 is 19.4 Å². The molecule has 0 bridgehead atoms. The Bertz CT molecular complexity index is 1640. The topological polar surface area (TPSA) is 166 Å². The standard InChI is InChI=1S/C29H24N2O10/c1-2-29(38)20-12-17-18(27(36)19(20)13-39-28(29)37)11-15-9-14-10-16(3-4-21(14)30-26(15)17)40-24(34)7-8-25(35)41-31-22(32)5-6-23(31)33/h3-4,9-10,12,18,38H,2,5-8,11,13H2,1H3/t18?,29-/m0/s1. The van der Waals surface area contributed by atoms with E-state index >= 15 is 0 Å². The summed E-state index contributed by atoms with van der Waals surface area (Å²) < 4.78 is 10.5. The van der Waals surface area contributed by atoms with Crippen LogP contribution < -0.4 is 4.74 Å². The molecule has 1 aromatic carbocycles. The molecule has 2 amide bonds. The number of Topliss-reactive ketones (excluding diaryl/α,β-unsaturated/α-hetero) is 1. The normalized spacial score (nSPS) is 23.2. The number of esters is 2. The molecule has 0 spiro atoms. The van der Waals surface area contributed by atoms with Crippen molar-refractivity contribution in [2.75, 3.05) is 6.61 Å². The Labute approximate surface area is 232 Å². The number of rotatable bonds is 6. The number of allylic oxidation sites excluding steroid dienone is 1. The third-order valence-electron chi connectivity index (χ3n) is 7.78. The molecule has 3 heterocycles. The molecule has 0 saturated carbocycles. The van der Waals surface area contributed by atoms with Gasteiger partial charge in [-0.05, 0) is 54.3 Å². The van der Waals surface area contributed by atoms with Crippen LogP contribution in [0.1, 0.15) is 50.3 Å². The first kappa shape index (κ1) is 26.5. The highest BCUT2D eigenvalue weighted by Crippen LogP contribution is 2.46. The number of hydrogen-bond acceptors (Lipinski definition) is 11. The van der Waals surface area contributed by atoms with Crippen molar-refractivity contribution in [3.05, 3.63) is 52.7 Å². The van der Waals surface area contributed by atoms with Crippen LogP contribution in [0.3, 0.4) is 0 Å². The molecule has 2 aliphatic heterocycles. The lowest BCUT2D eigenvalue weighted by atomic mass is 9.75. The minimum Gasteiger partial charge on any atom is -0.458 e. The van der Waals surface area contributed by atoms with Gasteiger partial charge in [-0.2, -0.15) is 0 Å². The van der Waals surface area contributed by atoms with Gasteiger partial charge in [0.15, 0.2) is 11.4 Å². The minimum absolute atomic E-state index is 0.0279. The number of imide groups is 1. The third kappa shape index (κ3) is 4.40. The van der Waals surface area contributed by atoms with Gasteiger partial charge in [0, 0.05) is 29.4 Å². The summed E-state index contributed by atoms with van der Waals surface area (Å²) in [7, 11) is 0. The summed E-state index contributed by atoms with van der Waals surface area (Å²) in [4.78, 5) is 82.6. The molecule has 210 valence electrons. The number of ketones is 1. The molecule has 1 unspecified atom stereocenters. The number of benzene rings is 1. The lowest BCUT2D eigenvalue weighted by molar-refractivity contribution is -0.197. The van der Waals surface area contributed by atoms with Gasteiger partial charge in [-0.15, -0.1) is 5.06 Å². The smallest absolute Gasteiger partial charge is 0.343 e. The van der Waals surface area contributed by atoms with Crippen molar-refractivity contribution < 1.29 is 48.2 Å². The maximum atomic E-state index is 13.4. The molecule has 1 saturated heterocycles. The summed E-state index contributed by atoms with van der Waals surface area (Å²) in [6.07, 6.45) is 1.37. The first-order valence-corrected chi connectivity index (χ1v) is 13.2. The molecule has 1 N–H and O–H groups in total. The maximum absolute atomic E-state index is 13.4. The fourth-order valence-corrected chi connectivity index (χ4v) is 5.56. The molecule has 2 aromatic rings. The molecule has 41 heavy (non-hydrogen) atoms. The van der Waals surface area contributed by atoms with Gasteiger partial charge in [0.25, 0.3) is 11.8 Å². The van der Waals surface area contributed by atoms with Crippen molar-refractivity contribution in [2.24, 2.45) is 5.92 Å². The van der Waals surface area contributed by atoms with Gasteiger partial charge in [-0.1, -0.05) is 6.92 Å². The second kappa shape index (κ2) is 9.73. The van der Waals surface area contributed by atoms with Crippen LogP contribution in [-0.4, -0.2) is 62.9 Å². The highest BCUT2D eigenvalue weighted by molar-refractivity contribution is 6.12. The quantitative estimate of drug-likeness (QED) is 0.310. The zero-order valence-corrected chi connectivity index (χ0v) is 21.9. The second-order valence-corrected chi connectivity index (χ2v) is 10.3. The molecule has 1 fully saturated rings. The van der Waals surface area contributed by atoms with E-state index in [9.17, 15) is 33.9 Å². The Morgan fingerprint density at radius 2 is 1.83 bits per heavy atom. The molecule has 1 aromatic heterocycles. The number of carbonyl (C=O) groups is 6. The van der Waals surface area contributed by atoms with E-state index in [-0.39, 0.29) is 55.8 Å². The number of ether oxygens (including phenoxy) is 2. The molecular formula is C29H24N2O10. The average molecular weight is 561 g/mol. The molecular weight excluding hydrogens is 536 g/mol. The third-order valence-corrected chi connectivity index (χ3v) is 7.78. The molecule has 2 atom stereocenters. The van der Waals surface area contributed by atoms with Crippen LogP contribution in [0.15, 0.2) is 41.5 Å². The number of cyclic esters (lactones) is 1. The highest BCUT2D eigenvalue weighted by Gasteiger charge is 2.50. The van der Waals surface area contributed by atoms with Crippen LogP contribution in [0, 0.1) is 5.92 Å². The van der Waals surface area contributed by atoms with Gasteiger partial charge in [0.05, 0.1) is 30.0 Å². The van der Waals surface area contributed by atoms with E-state index in [1.807, 2.05) is 6.07 Å². The van der Waals surface area contributed by atoms with E-state index in [0.29, 0.717) is 39.2 Å². The van der Waals surface area contributed by atoms with Crippen LogP contribution in [-0.2, 0) is 44.8 Å². The van der Waals surface area contributed by atoms with Gasteiger partial charge in [0.2, 0.25) is 0 Å². The number of hydroxylamine groups is 2. The van der Waals surface area contributed by atoms with Crippen molar-refractivity contribution in [3.8, 4) is 5.75 Å². The predicted octanol–water partition coefficient (Wildman–Crippen LogP) is 1.66. The summed E-state index contributed by atoms with van der Waals surface area (Å²) in [5.41, 5.74) is 1.31.